The molecule has 0 unspecified atom stereocenters. The van der Waals surface area contributed by atoms with Crippen LogP contribution in [0.1, 0.15) is 42.4 Å². The summed E-state index contributed by atoms with van der Waals surface area (Å²) in [6.07, 6.45) is 6.00. The third kappa shape index (κ3) is 14.4. The van der Waals surface area contributed by atoms with Crippen molar-refractivity contribution in [2.75, 3.05) is 19.0 Å². The van der Waals surface area contributed by atoms with Gasteiger partial charge in [0, 0.05) is 17.9 Å². The number of rotatable bonds is 22. The van der Waals surface area contributed by atoms with E-state index in [4.69, 9.17) is 4.74 Å². The van der Waals surface area contributed by atoms with Gasteiger partial charge in [0.15, 0.2) is 0 Å². The number of nitrogens with one attached hydrogen (secondary N) is 2. The van der Waals surface area contributed by atoms with Crippen molar-refractivity contribution in [3.05, 3.63) is 133 Å². The van der Waals surface area contributed by atoms with Gasteiger partial charge in [-0.15, -0.1) is 13.2 Å². The molecule has 0 heterocycles. The van der Waals surface area contributed by atoms with Crippen molar-refractivity contribution in [1.82, 2.24) is 10.6 Å². The Morgan fingerprint density at radius 3 is 1.94 bits per heavy atom. The fourth-order valence-electron chi connectivity index (χ4n) is 5.22. The van der Waals surface area contributed by atoms with E-state index < -0.39 is 18.0 Å². The summed E-state index contributed by atoms with van der Waals surface area (Å²) in [4.78, 5) is 39.9. The maximum absolute atomic E-state index is 13.6. The van der Waals surface area contributed by atoms with Gasteiger partial charge in [-0.2, -0.15) is 11.8 Å². The molecule has 0 spiro atoms. The van der Waals surface area contributed by atoms with Crippen molar-refractivity contribution in [2.45, 2.75) is 56.4 Å². The molecule has 0 aromatic heterocycles. The monoisotopic (exact) mass is 656 g/mol. The summed E-state index contributed by atoms with van der Waals surface area (Å²) in [6.45, 7) is 7.39. The van der Waals surface area contributed by atoms with Gasteiger partial charge in [0.1, 0.15) is 6.61 Å². The first-order valence-corrected chi connectivity index (χ1v) is 17.4. The highest BCUT2D eigenvalue weighted by atomic mass is 32.2. The number of hydrogen-bond donors (Lipinski definition) is 3. The van der Waals surface area contributed by atoms with E-state index in [2.05, 4.69) is 23.8 Å². The van der Waals surface area contributed by atoms with Crippen LogP contribution in [0.2, 0.25) is 0 Å². The zero-order valence-electron chi connectivity index (χ0n) is 27.1. The Labute approximate surface area is 283 Å². The number of ether oxygens (including phenoxy) is 1. The number of aliphatic hydroxyl groups excluding tert-OH is 1. The number of thioether (sulfide) groups is 1. The summed E-state index contributed by atoms with van der Waals surface area (Å²) < 4.78 is 5.86. The zero-order chi connectivity index (χ0) is 33.7. The smallest absolute Gasteiger partial charge is 0.309 e. The molecule has 0 saturated heterocycles. The summed E-state index contributed by atoms with van der Waals surface area (Å²) in [5.74, 6) is -0.693. The van der Waals surface area contributed by atoms with Gasteiger partial charge in [-0.1, -0.05) is 103 Å². The summed E-state index contributed by atoms with van der Waals surface area (Å²) in [7, 11) is 0. The Balaban J connectivity index is 1.64. The van der Waals surface area contributed by atoms with Crippen LogP contribution >= 0.6 is 11.8 Å². The van der Waals surface area contributed by atoms with Gasteiger partial charge in [-0.05, 0) is 48.8 Å². The Kier molecular flexibility index (Phi) is 17.2. The summed E-state index contributed by atoms with van der Waals surface area (Å²) in [5, 5.41) is 15.8. The molecule has 4 atom stereocenters. The molecular weight excluding hydrogens is 609 g/mol. The van der Waals surface area contributed by atoms with Crippen molar-refractivity contribution in [3.8, 4) is 0 Å². The third-order valence-corrected chi connectivity index (χ3v) is 8.92. The van der Waals surface area contributed by atoms with Crippen LogP contribution in [-0.2, 0) is 37.7 Å². The second-order valence-corrected chi connectivity index (χ2v) is 12.7. The number of hydrogen-bond acceptors (Lipinski definition) is 6. The van der Waals surface area contributed by atoms with E-state index in [1.54, 1.807) is 23.9 Å². The number of benzene rings is 3. The van der Waals surface area contributed by atoms with Crippen LogP contribution in [0, 0.1) is 11.8 Å². The predicted octanol–water partition coefficient (Wildman–Crippen LogP) is 6.08. The Morgan fingerprint density at radius 1 is 0.766 bits per heavy atom. The first-order chi connectivity index (χ1) is 22.9. The Bertz CT molecular complexity index is 1370. The second-order valence-electron chi connectivity index (χ2n) is 11.7. The minimum atomic E-state index is -0.667. The Hall–Kier alpha value is -4.14. The molecule has 8 heteroatoms. The van der Waals surface area contributed by atoms with Gasteiger partial charge < -0.3 is 20.5 Å². The molecule has 3 rings (SSSR count). The van der Waals surface area contributed by atoms with Crippen LogP contribution < -0.4 is 10.6 Å². The topological polar surface area (TPSA) is 105 Å². The molecule has 47 heavy (non-hydrogen) atoms. The van der Waals surface area contributed by atoms with E-state index in [0.717, 1.165) is 22.4 Å². The van der Waals surface area contributed by atoms with Gasteiger partial charge >= 0.3 is 5.97 Å². The molecule has 2 amide bonds. The standard InChI is InChI=1S/C39H48N2O5S/c1-3-5-22-34(23-30-16-9-6-10-17-30)39(45)46-27-36(29-47-28-32-20-13-8-14-21-32)41-38(44)33(15-4-2)25-37(43)40-35(26-42)24-31-18-11-7-12-19-31/h3-4,6-14,16-21,33-36,42H,1-2,5,15,22-29H2,(H,40,43)(H,41,44)/t33-,34-,35-,36-/m1/s1. The van der Waals surface area contributed by atoms with E-state index in [9.17, 15) is 19.5 Å². The molecular formula is C39H48N2O5S. The molecule has 3 N–H and O–H groups in total. The number of amides is 2. The molecule has 250 valence electrons. The van der Waals surface area contributed by atoms with E-state index in [0.29, 0.717) is 37.9 Å². The summed E-state index contributed by atoms with van der Waals surface area (Å²) in [6, 6.07) is 28.6. The lowest BCUT2D eigenvalue weighted by molar-refractivity contribution is -0.150. The van der Waals surface area contributed by atoms with Crippen molar-refractivity contribution in [3.63, 3.8) is 0 Å². The van der Waals surface area contributed by atoms with Crippen LogP contribution in [-0.4, -0.2) is 53.9 Å². The lowest BCUT2D eigenvalue weighted by atomic mass is 9.95. The number of esters is 1. The second kappa shape index (κ2) is 21.6. The van der Waals surface area contributed by atoms with Crippen LogP contribution in [0.3, 0.4) is 0 Å². The largest absolute Gasteiger partial charge is 0.463 e. The highest BCUT2D eigenvalue weighted by Crippen LogP contribution is 2.19. The molecule has 0 fully saturated rings. The maximum Gasteiger partial charge on any atom is 0.309 e. The fraction of sp³-hybridized carbons (Fsp3) is 0.359. The third-order valence-electron chi connectivity index (χ3n) is 7.75. The average Bonchev–Trinajstić information content (AvgIpc) is 3.09. The highest BCUT2D eigenvalue weighted by molar-refractivity contribution is 7.98. The first-order valence-electron chi connectivity index (χ1n) is 16.2. The van der Waals surface area contributed by atoms with Crippen molar-refractivity contribution < 1.29 is 24.2 Å². The average molecular weight is 657 g/mol. The number of carbonyl (C=O) groups is 3. The minimum absolute atomic E-state index is 0.0163. The highest BCUT2D eigenvalue weighted by Gasteiger charge is 2.26. The minimum Gasteiger partial charge on any atom is -0.463 e. The summed E-state index contributed by atoms with van der Waals surface area (Å²) in [5.41, 5.74) is 3.20. The van der Waals surface area contributed by atoms with E-state index >= 15 is 0 Å². The fourth-order valence-corrected chi connectivity index (χ4v) is 6.23. The van der Waals surface area contributed by atoms with Crippen LogP contribution in [0.4, 0.5) is 0 Å². The normalized spacial score (nSPS) is 13.4. The quantitative estimate of drug-likeness (QED) is 0.0896. The van der Waals surface area contributed by atoms with Gasteiger partial charge in [-0.3, -0.25) is 14.4 Å². The molecule has 3 aromatic rings. The lowest BCUT2D eigenvalue weighted by Gasteiger charge is -2.24. The summed E-state index contributed by atoms with van der Waals surface area (Å²) >= 11 is 1.64. The van der Waals surface area contributed by atoms with Crippen molar-refractivity contribution >= 4 is 29.5 Å². The first kappa shape index (κ1) is 37.3. The molecule has 3 aromatic carbocycles. The molecule has 7 nitrogen and oxygen atoms in total. The zero-order valence-corrected chi connectivity index (χ0v) is 27.9. The molecule has 0 aliphatic heterocycles. The molecule has 0 aliphatic carbocycles. The van der Waals surface area contributed by atoms with Gasteiger partial charge in [0.05, 0.1) is 30.5 Å². The lowest BCUT2D eigenvalue weighted by Crippen LogP contribution is -2.46. The van der Waals surface area contributed by atoms with E-state index in [1.165, 1.54) is 0 Å². The van der Waals surface area contributed by atoms with E-state index in [-0.39, 0.29) is 43.3 Å². The van der Waals surface area contributed by atoms with Crippen molar-refractivity contribution in [2.24, 2.45) is 11.8 Å². The molecule has 0 bridgehead atoms. The molecule has 0 aliphatic rings. The van der Waals surface area contributed by atoms with Gasteiger partial charge in [0.2, 0.25) is 11.8 Å². The molecule has 0 saturated carbocycles. The van der Waals surface area contributed by atoms with Crippen molar-refractivity contribution in [1.29, 1.82) is 0 Å². The number of carbonyl (C=O) groups excluding carboxylic acids is 3. The predicted molar refractivity (Wildman–Crippen MR) is 191 cm³/mol. The SMILES string of the molecule is C=CCC[C@H](Cc1ccccc1)C(=O)OC[C@H](CSCc1ccccc1)NC(=O)[C@H](CC=C)CC(=O)N[C@@H](CO)Cc1ccccc1. The van der Waals surface area contributed by atoms with Crippen LogP contribution in [0.15, 0.2) is 116 Å². The van der Waals surface area contributed by atoms with Crippen LogP contribution in [0.5, 0.6) is 0 Å². The number of allylic oxidation sites excluding steroid dienone is 2. The Morgan fingerprint density at radius 2 is 1.36 bits per heavy atom. The van der Waals surface area contributed by atoms with Gasteiger partial charge in [-0.25, -0.2) is 0 Å². The maximum atomic E-state index is 13.6. The molecule has 0 radical (unpaired) electrons. The van der Waals surface area contributed by atoms with Crippen LogP contribution in [0.25, 0.3) is 0 Å². The van der Waals surface area contributed by atoms with Gasteiger partial charge in [0.25, 0.3) is 0 Å². The van der Waals surface area contributed by atoms with E-state index in [1.807, 2.05) is 91.0 Å². The number of aliphatic hydroxyl groups is 1.